The second kappa shape index (κ2) is 22.7. The van der Waals surface area contributed by atoms with Crippen molar-refractivity contribution in [2.45, 2.75) is 24.5 Å². The SMILES string of the molecule is O=P(O)(O)O.O=P(O)(O)O.O=P(O)(O)O.O=P(O)(O)O.O=P(O)(O)O.O=P(O)(O)O.O=c1[nH]cnc2c1ncn2[C@@H]1O[C@H](CO)[C@@H](O)[C@H]1O. The molecule has 1 saturated heterocycles. The average molecular weight is 856 g/mol. The van der Waals surface area contributed by atoms with Gasteiger partial charge in [0.1, 0.15) is 18.3 Å². The van der Waals surface area contributed by atoms with Crippen molar-refractivity contribution in [3.05, 3.63) is 23.0 Å². The lowest BCUT2D eigenvalue weighted by atomic mass is 10.1. The zero-order valence-corrected chi connectivity index (χ0v) is 28.2. The first-order valence-electron chi connectivity index (χ1n) is 10.4. The van der Waals surface area contributed by atoms with Gasteiger partial charge in [-0.1, -0.05) is 0 Å². The minimum absolute atomic E-state index is 0.111. The molecule has 1 aliphatic rings. The summed E-state index contributed by atoms with van der Waals surface area (Å²) in [7, 11) is -27.8. The Labute approximate surface area is 267 Å². The van der Waals surface area contributed by atoms with Gasteiger partial charge in [0.05, 0.1) is 19.3 Å². The molecule has 0 amide bonds. The molecule has 0 radical (unpaired) electrons. The molecule has 0 unspecified atom stereocenters. The minimum Gasteiger partial charge on any atom is -0.394 e. The van der Waals surface area contributed by atoms with Crippen LogP contribution in [0.1, 0.15) is 6.23 Å². The van der Waals surface area contributed by atoms with Gasteiger partial charge in [0.2, 0.25) is 0 Å². The number of rotatable bonds is 2. The largest absolute Gasteiger partial charge is 0.466 e. The number of aromatic amines is 1. The number of nitrogens with one attached hydrogen (secondary N) is 1. The average Bonchev–Trinajstić information content (AvgIpc) is 3.29. The van der Waals surface area contributed by atoms with Crippen LogP contribution in [-0.4, -0.2) is 148 Å². The Hall–Kier alpha value is -1.15. The highest BCUT2D eigenvalue weighted by Gasteiger charge is 2.44. The lowest BCUT2D eigenvalue weighted by molar-refractivity contribution is -0.0511. The monoisotopic (exact) mass is 856 g/mol. The number of aliphatic hydroxyl groups is 3. The number of imidazole rings is 1. The number of hydrogen-bond acceptors (Lipinski definition) is 13. The van der Waals surface area contributed by atoms with Crippen LogP contribution in [-0.2, 0) is 32.1 Å². The van der Waals surface area contributed by atoms with Crippen LogP contribution in [0.15, 0.2) is 17.4 Å². The third-order valence-electron chi connectivity index (χ3n) is 3.16. The van der Waals surface area contributed by atoms with Gasteiger partial charge in [-0.3, -0.25) is 9.36 Å². The van der Waals surface area contributed by atoms with Crippen molar-refractivity contribution in [2.24, 2.45) is 0 Å². The van der Waals surface area contributed by atoms with Crippen LogP contribution in [0.3, 0.4) is 0 Å². The Kier molecular flexibility index (Phi) is 25.3. The smallest absolute Gasteiger partial charge is 0.394 e. The topological polar surface area (TPSA) is 600 Å². The number of ether oxygens (including phenoxy) is 1. The molecule has 39 heteroatoms. The molecule has 4 atom stereocenters. The van der Waals surface area contributed by atoms with Gasteiger partial charge in [0.15, 0.2) is 17.4 Å². The van der Waals surface area contributed by atoms with E-state index in [1.165, 1.54) is 17.2 Å². The molecule has 33 nitrogen and oxygen atoms in total. The van der Waals surface area contributed by atoms with E-state index < -0.39 is 83.6 Å². The molecule has 2 aromatic rings. The summed E-state index contributed by atoms with van der Waals surface area (Å²) in [6, 6.07) is 0. The van der Waals surface area contributed by atoms with Gasteiger partial charge in [-0.2, -0.15) is 0 Å². The highest BCUT2D eigenvalue weighted by atomic mass is 31.2. The quantitative estimate of drug-likeness (QED) is 0.125. The van der Waals surface area contributed by atoms with Crippen molar-refractivity contribution in [1.29, 1.82) is 0 Å². The molecule has 0 spiro atoms. The van der Waals surface area contributed by atoms with Crippen LogP contribution in [0.25, 0.3) is 11.2 Å². The van der Waals surface area contributed by atoms with Crippen molar-refractivity contribution in [3.63, 3.8) is 0 Å². The molecule has 3 rings (SSSR count). The predicted octanol–water partition coefficient (Wildman–Crippen LogP) is -7.84. The summed E-state index contributed by atoms with van der Waals surface area (Å²) in [6.45, 7) is -0.421. The van der Waals surface area contributed by atoms with Gasteiger partial charge in [-0.25, -0.2) is 37.4 Å². The maximum absolute atomic E-state index is 11.5. The van der Waals surface area contributed by atoms with Gasteiger partial charge < -0.3 is 113 Å². The Morgan fingerprint density at radius 1 is 0.612 bits per heavy atom. The van der Waals surface area contributed by atoms with E-state index in [9.17, 15) is 15.0 Å². The fourth-order valence-corrected chi connectivity index (χ4v) is 2.16. The normalized spacial score (nSPS) is 19.3. The standard InChI is InChI=1S/C10H12N4O5.6H3O4P/c15-1-4-6(16)7(17)10(19-4)14-3-13-5-8(14)11-2-12-9(5)18;6*1-5(2,3)4/h2-4,6-7,10,15-17H,1H2,(H,11,12,18);6*(H3,1,2,3,4)/t4-,6-,7-,10-;;;;;;/m1....../s1. The van der Waals surface area contributed by atoms with Crippen LogP contribution < -0.4 is 5.56 Å². The van der Waals surface area contributed by atoms with Crippen LogP contribution in [0.4, 0.5) is 0 Å². The minimum atomic E-state index is -4.64. The molecule has 49 heavy (non-hydrogen) atoms. The van der Waals surface area contributed by atoms with Crippen molar-refractivity contribution >= 4 is 58.1 Å². The van der Waals surface area contributed by atoms with Crippen molar-refractivity contribution in [2.75, 3.05) is 6.61 Å². The van der Waals surface area contributed by atoms with Crippen molar-refractivity contribution in [1.82, 2.24) is 19.5 Å². The van der Waals surface area contributed by atoms with E-state index >= 15 is 0 Å². The van der Waals surface area contributed by atoms with Crippen LogP contribution >= 0.6 is 46.9 Å². The summed E-state index contributed by atoms with van der Waals surface area (Å²) >= 11 is 0. The second-order valence-corrected chi connectivity index (χ2v) is 13.5. The molecule has 22 N–H and O–H groups in total. The summed E-state index contributed by atoms with van der Waals surface area (Å²) in [5.74, 6) is 0. The first kappa shape index (κ1) is 54.6. The number of phosphoric acid groups is 6. The number of aromatic nitrogens is 4. The zero-order valence-electron chi connectivity index (χ0n) is 22.9. The van der Waals surface area contributed by atoms with Crippen LogP contribution in [0, 0.1) is 0 Å². The number of aliphatic hydroxyl groups excluding tert-OH is 3. The fourth-order valence-electron chi connectivity index (χ4n) is 2.16. The molecular weight excluding hydrogens is 826 g/mol. The Morgan fingerprint density at radius 3 is 1.18 bits per heavy atom. The first-order valence-corrected chi connectivity index (χ1v) is 19.7. The lowest BCUT2D eigenvalue weighted by Crippen LogP contribution is -2.33. The Morgan fingerprint density at radius 2 is 0.918 bits per heavy atom. The molecule has 2 aromatic heterocycles. The fraction of sp³-hybridized carbons (Fsp3) is 0.500. The van der Waals surface area contributed by atoms with Gasteiger partial charge in [0, 0.05) is 0 Å². The van der Waals surface area contributed by atoms with E-state index in [4.69, 9.17) is 125 Å². The van der Waals surface area contributed by atoms with Crippen molar-refractivity contribution < 1.29 is 136 Å². The number of H-pyrrole nitrogens is 1. The lowest BCUT2D eigenvalue weighted by Gasteiger charge is -2.16. The molecule has 0 saturated carbocycles. The van der Waals surface area contributed by atoms with Crippen LogP contribution in [0.5, 0.6) is 0 Å². The van der Waals surface area contributed by atoms with E-state index in [0.717, 1.165) is 0 Å². The second-order valence-electron chi connectivity index (χ2n) is 7.36. The predicted molar refractivity (Wildman–Crippen MR) is 147 cm³/mol. The maximum atomic E-state index is 11.5. The summed E-state index contributed by atoms with van der Waals surface area (Å²) in [4.78, 5) is 151. The number of hydrogen-bond donors (Lipinski definition) is 22. The molecule has 1 aliphatic heterocycles. The van der Waals surface area contributed by atoms with Gasteiger partial charge in [-0.15, -0.1) is 0 Å². The van der Waals surface area contributed by atoms with E-state index in [1.54, 1.807) is 0 Å². The van der Waals surface area contributed by atoms with E-state index in [0.29, 0.717) is 0 Å². The maximum Gasteiger partial charge on any atom is 0.466 e. The number of nitrogens with zero attached hydrogens (tertiary/aromatic N) is 3. The summed E-state index contributed by atoms with van der Waals surface area (Å²) < 4.78 is 60.0. The summed E-state index contributed by atoms with van der Waals surface area (Å²) in [5, 5.41) is 28.6. The molecule has 0 aromatic carbocycles. The third kappa shape index (κ3) is 49.0. The van der Waals surface area contributed by atoms with E-state index in [1.807, 2.05) is 0 Å². The van der Waals surface area contributed by atoms with Gasteiger partial charge >= 0.3 is 46.9 Å². The van der Waals surface area contributed by atoms with Gasteiger partial charge in [0.25, 0.3) is 5.56 Å². The highest BCUT2D eigenvalue weighted by Crippen LogP contribution is 2.31. The van der Waals surface area contributed by atoms with E-state index in [2.05, 4.69) is 15.0 Å². The molecule has 0 aliphatic carbocycles. The number of fused-ring (bicyclic) bond motifs is 1. The summed E-state index contributed by atoms with van der Waals surface area (Å²) in [6.07, 6.45) is -1.78. The molecule has 294 valence electrons. The first-order chi connectivity index (χ1) is 21.1. The van der Waals surface area contributed by atoms with Crippen molar-refractivity contribution in [3.8, 4) is 0 Å². The van der Waals surface area contributed by atoms with Crippen LogP contribution in [0.2, 0.25) is 0 Å². The summed E-state index contributed by atoms with van der Waals surface area (Å²) in [5.41, 5.74) is -0.0608. The Bertz CT molecular complexity index is 1370. The highest BCUT2D eigenvalue weighted by molar-refractivity contribution is 7.46. The van der Waals surface area contributed by atoms with Gasteiger partial charge in [-0.05, 0) is 0 Å². The third-order valence-corrected chi connectivity index (χ3v) is 3.16. The van der Waals surface area contributed by atoms with E-state index in [-0.39, 0.29) is 11.2 Å². The Balaban J connectivity index is -0.000000280. The molecule has 0 bridgehead atoms. The molecule has 3 heterocycles. The molecule has 1 fully saturated rings. The zero-order chi connectivity index (χ0) is 40.6. The molecular formula is C10H30N4O29P6.